The van der Waals surface area contributed by atoms with E-state index in [1.54, 1.807) is 72.8 Å². The molecule has 36 heavy (non-hydrogen) atoms. The van der Waals surface area contributed by atoms with Crippen LogP contribution >= 0.6 is 0 Å². The maximum Gasteiger partial charge on any atom is 0.269 e. The van der Waals surface area contributed by atoms with E-state index in [9.17, 15) is 19.7 Å². The van der Waals surface area contributed by atoms with Crippen molar-refractivity contribution in [3.8, 4) is 11.4 Å². The minimum absolute atomic E-state index is 0.0469. The molecule has 9 heteroatoms. The normalized spacial score (nSPS) is 13.6. The first-order valence-electron chi connectivity index (χ1n) is 11.5. The molecule has 3 aromatic carbocycles. The molecule has 0 saturated carbocycles. The zero-order valence-electron chi connectivity index (χ0n) is 19.7. The van der Waals surface area contributed by atoms with E-state index in [1.165, 1.54) is 16.7 Å². The Balaban J connectivity index is 1.44. The van der Waals surface area contributed by atoms with E-state index >= 15 is 0 Å². The number of carbonyl (C=O) groups is 1. The summed E-state index contributed by atoms with van der Waals surface area (Å²) >= 11 is 0. The lowest BCUT2D eigenvalue weighted by molar-refractivity contribution is -0.384. The van der Waals surface area contributed by atoms with E-state index in [4.69, 9.17) is 4.74 Å². The zero-order valence-corrected chi connectivity index (χ0v) is 19.7. The second-order valence-electron chi connectivity index (χ2n) is 8.52. The van der Waals surface area contributed by atoms with Gasteiger partial charge in [-0.25, -0.2) is 0 Å². The van der Waals surface area contributed by atoms with Crippen molar-refractivity contribution in [1.29, 1.82) is 0 Å². The average molecular weight is 485 g/mol. The number of methoxy groups -OCH3 is 1. The van der Waals surface area contributed by atoms with Crippen LogP contribution in [0.3, 0.4) is 0 Å². The molecule has 0 atom stereocenters. The highest BCUT2D eigenvalue weighted by Gasteiger charge is 2.25. The van der Waals surface area contributed by atoms with E-state index in [0.717, 1.165) is 5.69 Å². The van der Waals surface area contributed by atoms with Gasteiger partial charge < -0.3 is 14.5 Å². The summed E-state index contributed by atoms with van der Waals surface area (Å²) < 4.78 is 6.80. The summed E-state index contributed by atoms with van der Waals surface area (Å²) in [5, 5.41) is 12.0. The molecule has 2 heterocycles. The standard InChI is InChI=1S/C27H24N4O5/c1-36-22-6-4-5-21(17-22)30-18-25(23-7-2-3-8-24(23)27(30)33)26(32)29-15-13-28(14-16-29)19-9-11-20(12-10-19)31(34)35/h2-12,17-18H,13-16H2,1H3. The Bertz CT molecular complexity index is 1510. The number of amides is 1. The summed E-state index contributed by atoms with van der Waals surface area (Å²) in [6, 6.07) is 20.7. The molecular formula is C27H24N4O5. The molecule has 0 N–H and O–H groups in total. The molecule has 9 nitrogen and oxygen atoms in total. The number of aromatic nitrogens is 1. The molecule has 1 aliphatic rings. The first-order valence-corrected chi connectivity index (χ1v) is 11.5. The summed E-state index contributed by atoms with van der Waals surface area (Å²) in [6.45, 7) is 2.17. The molecule has 182 valence electrons. The first-order chi connectivity index (χ1) is 17.5. The molecular weight excluding hydrogens is 460 g/mol. The molecule has 1 aliphatic heterocycles. The number of nitro groups is 1. The van der Waals surface area contributed by atoms with Gasteiger partial charge in [0.25, 0.3) is 17.2 Å². The van der Waals surface area contributed by atoms with E-state index in [2.05, 4.69) is 4.90 Å². The van der Waals surface area contributed by atoms with Crippen molar-refractivity contribution in [3.63, 3.8) is 0 Å². The van der Waals surface area contributed by atoms with Crippen LogP contribution in [0.15, 0.2) is 83.8 Å². The second-order valence-corrected chi connectivity index (χ2v) is 8.52. The van der Waals surface area contributed by atoms with Crippen LogP contribution in [0.25, 0.3) is 16.5 Å². The van der Waals surface area contributed by atoms with E-state index in [-0.39, 0.29) is 17.2 Å². The van der Waals surface area contributed by atoms with Crippen LogP contribution in [0.4, 0.5) is 11.4 Å². The Morgan fingerprint density at radius 1 is 0.889 bits per heavy atom. The Labute approximate surface area is 206 Å². The Hall–Kier alpha value is -4.66. The van der Waals surface area contributed by atoms with Crippen LogP contribution in [0.1, 0.15) is 10.4 Å². The number of carbonyl (C=O) groups excluding carboxylic acids is 1. The Morgan fingerprint density at radius 3 is 2.25 bits per heavy atom. The zero-order chi connectivity index (χ0) is 25.2. The number of hydrogen-bond acceptors (Lipinski definition) is 6. The molecule has 5 rings (SSSR count). The van der Waals surface area contributed by atoms with Gasteiger partial charge in [0.15, 0.2) is 0 Å². The first kappa shape index (κ1) is 23.1. The number of rotatable bonds is 5. The smallest absolute Gasteiger partial charge is 0.269 e. The van der Waals surface area contributed by atoms with E-state index < -0.39 is 4.92 Å². The van der Waals surface area contributed by atoms with Crippen LogP contribution in [0, 0.1) is 10.1 Å². The molecule has 0 radical (unpaired) electrons. The summed E-state index contributed by atoms with van der Waals surface area (Å²) in [7, 11) is 1.56. The van der Waals surface area contributed by atoms with Crippen LogP contribution in [0.2, 0.25) is 0 Å². The van der Waals surface area contributed by atoms with Crippen LogP contribution in [-0.4, -0.2) is 53.6 Å². The van der Waals surface area contributed by atoms with Gasteiger partial charge in [0.2, 0.25) is 0 Å². The van der Waals surface area contributed by atoms with Gasteiger partial charge in [-0.3, -0.25) is 24.3 Å². The molecule has 1 fully saturated rings. The van der Waals surface area contributed by atoms with Gasteiger partial charge in [0, 0.05) is 67.0 Å². The van der Waals surface area contributed by atoms with Crippen molar-refractivity contribution in [2.24, 2.45) is 0 Å². The van der Waals surface area contributed by atoms with Crippen molar-refractivity contribution >= 4 is 28.1 Å². The number of anilines is 1. The summed E-state index contributed by atoms with van der Waals surface area (Å²) in [5.41, 5.74) is 1.78. The molecule has 0 aliphatic carbocycles. The van der Waals surface area contributed by atoms with Gasteiger partial charge in [-0.1, -0.05) is 24.3 Å². The number of pyridine rings is 1. The third-order valence-corrected chi connectivity index (χ3v) is 6.48. The SMILES string of the molecule is COc1cccc(-n2cc(C(=O)N3CCN(c4ccc([N+](=O)[O-])cc4)CC3)c3ccccc3c2=O)c1. The largest absolute Gasteiger partial charge is 0.497 e. The average Bonchev–Trinajstić information content (AvgIpc) is 2.93. The number of nitro benzene ring substituents is 1. The van der Waals surface area contributed by atoms with Crippen molar-refractivity contribution in [2.45, 2.75) is 0 Å². The van der Waals surface area contributed by atoms with Crippen LogP contribution in [-0.2, 0) is 0 Å². The van der Waals surface area contributed by atoms with Gasteiger partial charge in [0.1, 0.15) is 5.75 Å². The van der Waals surface area contributed by atoms with Crippen molar-refractivity contribution < 1.29 is 14.5 Å². The topological polar surface area (TPSA) is 97.9 Å². The minimum Gasteiger partial charge on any atom is -0.497 e. The lowest BCUT2D eigenvalue weighted by atomic mass is 10.1. The number of non-ortho nitro benzene ring substituents is 1. The minimum atomic E-state index is -0.421. The quantitative estimate of drug-likeness (QED) is 0.315. The number of nitrogens with zero attached hydrogens (tertiary/aromatic N) is 4. The number of ether oxygens (including phenoxy) is 1. The Kier molecular flexibility index (Phi) is 6.12. The molecule has 1 aromatic heterocycles. The molecule has 0 spiro atoms. The maximum atomic E-state index is 13.7. The monoisotopic (exact) mass is 484 g/mol. The van der Waals surface area contributed by atoms with Gasteiger partial charge >= 0.3 is 0 Å². The number of hydrogen-bond donors (Lipinski definition) is 0. The van der Waals surface area contributed by atoms with Crippen molar-refractivity contribution in [2.75, 3.05) is 38.2 Å². The van der Waals surface area contributed by atoms with Crippen molar-refractivity contribution in [3.05, 3.63) is 105 Å². The van der Waals surface area contributed by atoms with Gasteiger partial charge in [0.05, 0.1) is 23.3 Å². The fraction of sp³-hybridized carbons (Fsp3) is 0.185. The van der Waals surface area contributed by atoms with Gasteiger partial charge in [-0.2, -0.15) is 0 Å². The summed E-state index contributed by atoms with van der Waals surface area (Å²) in [5.74, 6) is 0.467. The van der Waals surface area contributed by atoms with Crippen LogP contribution < -0.4 is 15.2 Å². The van der Waals surface area contributed by atoms with Crippen LogP contribution in [0.5, 0.6) is 5.75 Å². The predicted molar refractivity (Wildman–Crippen MR) is 137 cm³/mol. The molecule has 1 saturated heterocycles. The Morgan fingerprint density at radius 2 is 1.58 bits per heavy atom. The van der Waals surface area contributed by atoms with E-state index in [1.807, 2.05) is 6.07 Å². The fourth-order valence-corrected chi connectivity index (χ4v) is 4.54. The maximum absolute atomic E-state index is 13.7. The van der Waals surface area contributed by atoms with E-state index in [0.29, 0.717) is 54.0 Å². The highest BCUT2D eigenvalue weighted by molar-refractivity contribution is 6.06. The van der Waals surface area contributed by atoms with Gasteiger partial charge in [-0.05, 0) is 30.3 Å². The molecule has 1 amide bonds. The second kappa shape index (κ2) is 9.53. The lowest BCUT2D eigenvalue weighted by Crippen LogP contribution is -2.49. The summed E-state index contributed by atoms with van der Waals surface area (Å²) in [4.78, 5) is 41.4. The molecule has 0 unspecified atom stereocenters. The number of piperazine rings is 1. The fourth-order valence-electron chi connectivity index (χ4n) is 4.54. The summed E-state index contributed by atoms with van der Waals surface area (Å²) in [6.07, 6.45) is 1.62. The van der Waals surface area contributed by atoms with Crippen molar-refractivity contribution in [1.82, 2.24) is 9.47 Å². The highest BCUT2D eigenvalue weighted by Crippen LogP contribution is 2.24. The van der Waals surface area contributed by atoms with Gasteiger partial charge in [-0.15, -0.1) is 0 Å². The third-order valence-electron chi connectivity index (χ3n) is 6.48. The molecule has 0 bridgehead atoms. The molecule has 4 aromatic rings. The lowest BCUT2D eigenvalue weighted by Gasteiger charge is -2.36. The number of benzene rings is 3. The third kappa shape index (κ3) is 4.26. The highest BCUT2D eigenvalue weighted by atomic mass is 16.6. The number of fused-ring (bicyclic) bond motifs is 1. The predicted octanol–water partition coefficient (Wildman–Crippen LogP) is 3.87.